The molecule has 0 aliphatic rings. The highest BCUT2D eigenvalue weighted by molar-refractivity contribution is 7.58. The van der Waals surface area contributed by atoms with Crippen LogP contribution in [-0.4, -0.2) is 31.9 Å². The number of carbonyl (C=O) groups excluding carboxylic acids is 1. The lowest BCUT2D eigenvalue weighted by Gasteiger charge is -2.11. The summed E-state index contributed by atoms with van der Waals surface area (Å²) in [5.41, 5.74) is 0. The zero-order valence-electron chi connectivity index (χ0n) is 10.9. The summed E-state index contributed by atoms with van der Waals surface area (Å²) in [4.78, 5) is 11.0. The Morgan fingerprint density at radius 3 is 2.62 bits per heavy atom. The summed E-state index contributed by atoms with van der Waals surface area (Å²) in [5.74, 6) is -0.563. The Kier molecular flexibility index (Phi) is 3.80. The summed E-state index contributed by atoms with van der Waals surface area (Å²) in [6.45, 7) is 0.770. The minimum absolute atomic E-state index is 0.0402. The number of rotatable bonds is 6. The summed E-state index contributed by atoms with van der Waals surface area (Å²) < 4.78 is 42.8. The molecular weight excluding hydrogens is 191 g/mol. The smallest absolute Gasteiger partial charge is 0.306 e. The van der Waals surface area contributed by atoms with Crippen LogP contribution in [0.25, 0.3) is 0 Å². The van der Waals surface area contributed by atoms with Gasteiger partial charge in [-0.25, -0.2) is 0 Å². The molecule has 0 spiro atoms. The summed E-state index contributed by atoms with van der Waals surface area (Å²) >= 11 is 0. The molecule has 0 aromatic carbocycles. The second kappa shape index (κ2) is 6.17. The molecule has 0 aliphatic heterocycles. The van der Waals surface area contributed by atoms with Crippen LogP contribution in [0.4, 0.5) is 0 Å². The number of esters is 1. The highest BCUT2D eigenvalue weighted by atomic mass is 31.2. The standard InChI is InChI=1S/C8H17O4P/c1-4-11-8(9)6-7-13(3,10)12-5-2/h4-7H2,1-3H3/i3D3. The van der Waals surface area contributed by atoms with Crippen LogP contribution >= 0.6 is 7.37 Å². The third-order valence-electron chi connectivity index (χ3n) is 1.25. The minimum Gasteiger partial charge on any atom is -0.466 e. The molecule has 0 amide bonds. The summed E-state index contributed by atoms with van der Waals surface area (Å²) in [6, 6.07) is 0. The first-order valence-electron chi connectivity index (χ1n) is 5.66. The van der Waals surface area contributed by atoms with Gasteiger partial charge in [-0.1, -0.05) is 0 Å². The van der Waals surface area contributed by atoms with Crippen molar-refractivity contribution in [1.29, 1.82) is 0 Å². The fourth-order valence-electron chi connectivity index (χ4n) is 0.745. The molecule has 78 valence electrons. The summed E-state index contributed by atoms with van der Waals surface area (Å²) in [5, 5.41) is 0. The van der Waals surface area contributed by atoms with E-state index in [2.05, 4.69) is 4.74 Å². The van der Waals surface area contributed by atoms with Crippen LogP contribution in [0.15, 0.2) is 0 Å². The molecule has 0 fully saturated rings. The topological polar surface area (TPSA) is 52.6 Å². The Balaban J connectivity index is 4.47. The average molecular weight is 211 g/mol. The van der Waals surface area contributed by atoms with Crippen molar-refractivity contribution in [2.75, 3.05) is 26.0 Å². The quantitative estimate of drug-likeness (QED) is 0.497. The third kappa shape index (κ3) is 6.79. The first kappa shape index (κ1) is 8.01. The molecule has 0 aliphatic carbocycles. The van der Waals surface area contributed by atoms with Gasteiger partial charge in [0.05, 0.1) is 19.6 Å². The predicted octanol–water partition coefficient (Wildman–Crippen LogP) is 1.88. The van der Waals surface area contributed by atoms with Gasteiger partial charge in [-0.3, -0.25) is 9.36 Å². The Bertz CT molecular complexity index is 277. The van der Waals surface area contributed by atoms with Gasteiger partial charge in [0.25, 0.3) is 0 Å². The molecule has 13 heavy (non-hydrogen) atoms. The highest BCUT2D eigenvalue weighted by Gasteiger charge is 2.17. The Hall–Kier alpha value is -0.340. The van der Waals surface area contributed by atoms with Gasteiger partial charge in [0.1, 0.15) is 0 Å². The monoisotopic (exact) mass is 211 g/mol. The normalized spacial score (nSPS) is 19.4. The molecule has 1 unspecified atom stereocenters. The van der Waals surface area contributed by atoms with Crippen molar-refractivity contribution in [1.82, 2.24) is 0 Å². The van der Waals surface area contributed by atoms with Gasteiger partial charge in [-0.05, 0) is 13.8 Å². The number of hydrogen-bond donors (Lipinski definition) is 0. The van der Waals surface area contributed by atoms with Gasteiger partial charge in [0.15, 0.2) is 0 Å². The molecule has 0 radical (unpaired) electrons. The molecule has 0 bridgehead atoms. The van der Waals surface area contributed by atoms with Crippen LogP contribution in [0, 0.1) is 0 Å². The average Bonchev–Trinajstić information content (AvgIpc) is 2.14. The first-order valence-corrected chi connectivity index (χ1v) is 5.97. The fourth-order valence-corrected chi connectivity index (χ4v) is 1.77. The summed E-state index contributed by atoms with van der Waals surface area (Å²) in [6.07, 6.45) is -0.514. The molecule has 0 rings (SSSR count). The lowest BCUT2D eigenvalue weighted by atomic mass is 10.5. The van der Waals surface area contributed by atoms with Crippen LogP contribution in [0.1, 0.15) is 24.4 Å². The van der Waals surface area contributed by atoms with Crippen molar-refractivity contribution >= 4 is 13.3 Å². The lowest BCUT2D eigenvalue weighted by Crippen LogP contribution is -2.07. The zero-order chi connectivity index (χ0) is 12.8. The fraction of sp³-hybridized carbons (Fsp3) is 0.875. The molecule has 5 heteroatoms. The molecule has 0 saturated heterocycles. The first-order chi connectivity index (χ1) is 7.27. The van der Waals surface area contributed by atoms with E-state index < -0.39 is 19.9 Å². The van der Waals surface area contributed by atoms with E-state index in [1.807, 2.05) is 0 Å². The molecule has 4 nitrogen and oxygen atoms in total. The number of carbonyl (C=O) groups is 1. The van der Waals surface area contributed by atoms with Crippen LogP contribution < -0.4 is 0 Å². The number of ether oxygens (including phenoxy) is 1. The van der Waals surface area contributed by atoms with Gasteiger partial charge in [0, 0.05) is 16.9 Å². The van der Waals surface area contributed by atoms with Gasteiger partial charge in [-0.2, -0.15) is 0 Å². The van der Waals surface area contributed by atoms with Crippen molar-refractivity contribution in [3.63, 3.8) is 0 Å². The summed E-state index contributed by atoms with van der Waals surface area (Å²) in [7, 11) is -3.78. The molecule has 0 aromatic rings. The molecule has 0 saturated carbocycles. The van der Waals surface area contributed by atoms with E-state index in [-0.39, 0.29) is 25.8 Å². The van der Waals surface area contributed by atoms with Crippen LogP contribution in [0.3, 0.4) is 0 Å². The predicted molar refractivity (Wildman–Crippen MR) is 51.3 cm³/mol. The molecular formula is C8H17O4P. The largest absolute Gasteiger partial charge is 0.466 e. The van der Waals surface area contributed by atoms with E-state index in [0.717, 1.165) is 0 Å². The van der Waals surface area contributed by atoms with Crippen molar-refractivity contribution in [2.45, 2.75) is 20.3 Å². The second-order valence-corrected chi connectivity index (χ2v) is 4.42. The van der Waals surface area contributed by atoms with E-state index in [9.17, 15) is 9.36 Å². The van der Waals surface area contributed by atoms with E-state index in [4.69, 9.17) is 8.64 Å². The van der Waals surface area contributed by atoms with Crippen molar-refractivity contribution < 1.29 is 22.7 Å². The van der Waals surface area contributed by atoms with E-state index in [1.165, 1.54) is 0 Å². The maximum Gasteiger partial charge on any atom is 0.306 e. The van der Waals surface area contributed by atoms with Crippen molar-refractivity contribution in [2.24, 2.45) is 0 Å². The van der Waals surface area contributed by atoms with Gasteiger partial charge in [0.2, 0.25) is 7.37 Å². The highest BCUT2D eigenvalue weighted by Crippen LogP contribution is 2.42. The van der Waals surface area contributed by atoms with Gasteiger partial charge < -0.3 is 9.26 Å². The molecule has 1 atom stereocenters. The van der Waals surface area contributed by atoms with Crippen LogP contribution in [0.5, 0.6) is 0 Å². The van der Waals surface area contributed by atoms with Gasteiger partial charge >= 0.3 is 5.97 Å². The van der Waals surface area contributed by atoms with E-state index in [1.54, 1.807) is 13.8 Å². The van der Waals surface area contributed by atoms with Crippen molar-refractivity contribution in [3.8, 4) is 0 Å². The maximum absolute atomic E-state index is 12.0. The van der Waals surface area contributed by atoms with Gasteiger partial charge in [-0.15, -0.1) is 0 Å². The Morgan fingerprint density at radius 1 is 1.46 bits per heavy atom. The Labute approximate surface area is 83.3 Å². The second-order valence-electron chi connectivity index (χ2n) is 2.37. The minimum atomic E-state index is -3.78. The van der Waals surface area contributed by atoms with E-state index >= 15 is 0 Å². The Morgan fingerprint density at radius 2 is 2.15 bits per heavy atom. The number of hydrogen-bond acceptors (Lipinski definition) is 4. The molecule has 0 N–H and O–H groups in total. The van der Waals surface area contributed by atoms with E-state index in [0.29, 0.717) is 0 Å². The maximum atomic E-state index is 12.0. The van der Waals surface area contributed by atoms with Crippen molar-refractivity contribution in [3.05, 3.63) is 0 Å². The van der Waals surface area contributed by atoms with Crippen LogP contribution in [-0.2, 0) is 18.6 Å². The molecule has 0 aromatic heterocycles. The lowest BCUT2D eigenvalue weighted by molar-refractivity contribution is -0.142. The SMILES string of the molecule is [2H]C([2H])([2H])P(=O)(CCC(=O)OCC)OCC. The third-order valence-corrected chi connectivity index (χ3v) is 2.74. The van der Waals surface area contributed by atoms with Crippen LogP contribution in [0.2, 0.25) is 0 Å². The zero-order valence-corrected chi connectivity index (χ0v) is 8.80. The molecule has 0 heterocycles.